The smallest absolute Gasteiger partial charge is 0.305 e. The summed E-state index contributed by atoms with van der Waals surface area (Å²) in [7, 11) is 1.58. The van der Waals surface area contributed by atoms with Crippen molar-refractivity contribution in [2.45, 2.75) is 38.3 Å². The molecule has 1 fully saturated rings. The SMILES string of the molecule is COC1CC(CC(=O)O)N(C(=O)C(C)Cc2ccc(Cl)cc2Cl)C1. The Morgan fingerprint density at radius 1 is 1.42 bits per heavy atom. The van der Waals surface area contributed by atoms with Gasteiger partial charge in [0.05, 0.1) is 12.5 Å². The molecule has 0 radical (unpaired) electrons. The van der Waals surface area contributed by atoms with E-state index in [4.69, 9.17) is 33.0 Å². The summed E-state index contributed by atoms with van der Waals surface area (Å²) < 4.78 is 5.31. The predicted octanol–water partition coefficient (Wildman–Crippen LogP) is 3.26. The Morgan fingerprint density at radius 3 is 2.71 bits per heavy atom. The van der Waals surface area contributed by atoms with Crippen LogP contribution in [0.4, 0.5) is 0 Å². The average molecular weight is 374 g/mol. The summed E-state index contributed by atoms with van der Waals surface area (Å²) in [6.45, 7) is 2.25. The van der Waals surface area contributed by atoms with Gasteiger partial charge in [-0.3, -0.25) is 9.59 Å². The molecule has 1 saturated heterocycles. The maximum atomic E-state index is 12.8. The number of rotatable bonds is 6. The molecule has 132 valence electrons. The van der Waals surface area contributed by atoms with Gasteiger partial charge in [-0.25, -0.2) is 0 Å². The van der Waals surface area contributed by atoms with E-state index in [1.807, 2.05) is 13.0 Å². The lowest BCUT2D eigenvalue weighted by Gasteiger charge is -2.26. The number of methoxy groups -OCH3 is 1. The molecule has 1 aromatic rings. The molecule has 3 atom stereocenters. The van der Waals surface area contributed by atoms with Crippen LogP contribution in [0, 0.1) is 5.92 Å². The highest BCUT2D eigenvalue weighted by molar-refractivity contribution is 6.35. The average Bonchev–Trinajstić information content (AvgIpc) is 2.91. The topological polar surface area (TPSA) is 66.8 Å². The number of hydrogen-bond acceptors (Lipinski definition) is 3. The molecule has 3 unspecified atom stereocenters. The van der Waals surface area contributed by atoms with Crippen LogP contribution < -0.4 is 0 Å². The van der Waals surface area contributed by atoms with Gasteiger partial charge in [0.15, 0.2) is 0 Å². The van der Waals surface area contributed by atoms with Crippen molar-refractivity contribution in [2.75, 3.05) is 13.7 Å². The Labute approximate surface area is 151 Å². The zero-order valence-electron chi connectivity index (χ0n) is 13.7. The highest BCUT2D eigenvalue weighted by Crippen LogP contribution is 2.27. The highest BCUT2D eigenvalue weighted by atomic mass is 35.5. The van der Waals surface area contributed by atoms with Crippen molar-refractivity contribution in [1.82, 2.24) is 4.90 Å². The fraction of sp³-hybridized carbons (Fsp3) is 0.529. The molecular formula is C17H21Cl2NO4. The Bertz CT molecular complexity index is 623. The van der Waals surface area contributed by atoms with Crippen LogP contribution in [0.15, 0.2) is 18.2 Å². The third-order valence-corrected chi connectivity index (χ3v) is 4.95. The van der Waals surface area contributed by atoms with Crippen molar-refractivity contribution < 1.29 is 19.4 Å². The first-order valence-corrected chi connectivity index (χ1v) is 8.56. The Morgan fingerprint density at radius 2 is 2.12 bits per heavy atom. The molecular weight excluding hydrogens is 353 g/mol. The van der Waals surface area contributed by atoms with Gasteiger partial charge in [0, 0.05) is 35.7 Å². The maximum absolute atomic E-state index is 12.8. The van der Waals surface area contributed by atoms with Crippen molar-refractivity contribution >= 4 is 35.1 Å². The summed E-state index contributed by atoms with van der Waals surface area (Å²) >= 11 is 12.1. The van der Waals surface area contributed by atoms with E-state index in [-0.39, 0.29) is 30.4 Å². The van der Waals surface area contributed by atoms with E-state index in [2.05, 4.69) is 0 Å². The van der Waals surface area contributed by atoms with Gasteiger partial charge in [-0.1, -0.05) is 36.2 Å². The fourth-order valence-corrected chi connectivity index (χ4v) is 3.58. The van der Waals surface area contributed by atoms with Crippen molar-refractivity contribution in [3.8, 4) is 0 Å². The Kier molecular flexibility index (Phi) is 6.49. The third-order valence-electron chi connectivity index (χ3n) is 4.37. The Hall–Kier alpha value is -1.30. The number of carbonyl (C=O) groups excluding carboxylic acids is 1. The van der Waals surface area contributed by atoms with E-state index in [9.17, 15) is 9.59 Å². The molecule has 2 rings (SSSR count). The Balaban J connectivity index is 2.08. The van der Waals surface area contributed by atoms with Crippen molar-refractivity contribution in [2.24, 2.45) is 5.92 Å². The summed E-state index contributed by atoms with van der Waals surface area (Å²) in [5, 5.41) is 10.1. The van der Waals surface area contributed by atoms with Crippen LogP contribution >= 0.6 is 23.2 Å². The summed E-state index contributed by atoms with van der Waals surface area (Å²) in [5.74, 6) is -1.30. The van der Waals surface area contributed by atoms with E-state index in [0.29, 0.717) is 29.4 Å². The first-order chi connectivity index (χ1) is 11.3. The highest BCUT2D eigenvalue weighted by Gasteiger charge is 2.38. The lowest BCUT2D eigenvalue weighted by Crippen LogP contribution is -2.41. The number of amides is 1. The van der Waals surface area contributed by atoms with E-state index in [1.165, 1.54) is 0 Å². The van der Waals surface area contributed by atoms with E-state index in [0.717, 1.165) is 5.56 Å². The minimum Gasteiger partial charge on any atom is -0.481 e. The molecule has 0 bridgehead atoms. The summed E-state index contributed by atoms with van der Waals surface area (Å²) in [6, 6.07) is 4.87. The molecule has 1 aliphatic rings. The van der Waals surface area contributed by atoms with E-state index >= 15 is 0 Å². The van der Waals surface area contributed by atoms with Crippen molar-refractivity contribution in [3.63, 3.8) is 0 Å². The molecule has 0 aromatic heterocycles. The number of nitrogens with zero attached hydrogens (tertiary/aromatic N) is 1. The van der Waals surface area contributed by atoms with Gasteiger partial charge in [0.25, 0.3) is 0 Å². The number of carboxylic acid groups (broad SMARTS) is 1. The largest absolute Gasteiger partial charge is 0.481 e. The number of ether oxygens (including phenoxy) is 1. The van der Waals surface area contributed by atoms with Gasteiger partial charge in [0.2, 0.25) is 5.91 Å². The number of carbonyl (C=O) groups is 2. The third kappa shape index (κ3) is 4.62. The lowest BCUT2D eigenvalue weighted by molar-refractivity contribution is -0.141. The second kappa shape index (κ2) is 8.19. The van der Waals surface area contributed by atoms with Gasteiger partial charge in [-0.05, 0) is 30.5 Å². The molecule has 1 heterocycles. The fourth-order valence-electron chi connectivity index (χ4n) is 3.10. The molecule has 1 N–H and O–H groups in total. The minimum atomic E-state index is -0.914. The van der Waals surface area contributed by atoms with Gasteiger partial charge < -0.3 is 14.7 Å². The lowest BCUT2D eigenvalue weighted by atomic mass is 9.99. The number of aliphatic carboxylic acids is 1. The zero-order valence-corrected chi connectivity index (χ0v) is 15.2. The van der Waals surface area contributed by atoms with Gasteiger partial charge in [-0.2, -0.15) is 0 Å². The molecule has 1 amide bonds. The second-order valence-electron chi connectivity index (χ2n) is 6.18. The summed E-state index contributed by atoms with van der Waals surface area (Å²) in [5.41, 5.74) is 0.846. The quantitative estimate of drug-likeness (QED) is 0.830. The van der Waals surface area contributed by atoms with Crippen LogP contribution in [0.2, 0.25) is 10.0 Å². The molecule has 5 nitrogen and oxygen atoms in total. The van der Waals surface area contributed by atoms with Crippen LogP contribution in [0.3, 0.4) is 0 Å². The molecule has 0 aliphatic carbocycles. The van der Waals surface area contributed by atoms with Crippen LogP contribution in [-0.2, 0) is 20.7 Å². The van der Waals surface area contributed by atoms with Gasteiger partial charge in [0.1, 0.15) is 0 Å². The van der Waals surface area contributed by atoms with Gasteiger partial charge in [-0.15, -0.1) is 0 Å². The predicted molar refractivity (Wildman–Crippen MR) is 92.5 cm³/mol. The van der Waals surface area contributed by atoms with Crippen LogP contribution in [-0.4, -0.2) is 47.7 Å². The molecule has 0 saturated carbocycles. The van der Waals surface area contributed by atoms with Crippen LogP contribution in [0.1, 0.15) is 25.3 Å². The summed E-state index contributed by atoms with van der Waals surface area (Å²) in [6.07, 6.45) is 0.829. The number of likely N-dealkylation sites (tertiary alicyclic amines) is 1. The first kappa shape index (κ1) is 19.0. The zero-order chi connectivity index (χ0) is 17.9. The van der Waals surface area contributed by atoms with E-state index in [1.54, 1.807) is 24.1 Å². The second-order valence-corrected chi connectivity index (χ2v) is 7.02. The normalized spacial score (nSPS) is 21.8. The standard InChI is InChI=1S/C17H21Cl2NO4/c1-10(5-11-3-4-12(18)6-15(11)19)17(23)20-9-14(24-2)7-13(20)8-16(21)22/h3-4,6,10,13-14H,5,7-9H2,1-2H3,(H,21,22). The van der Waals surface area contributed by atoms with E-state index < -0.39 is 5.97 Å². The van der Waals surface area contributed by atoms with Crippen molar-refractivity contribution in [1.29, 1.82) is 0 Å². The maximum Gasteiger partial charge on any atom is 0.305 e. The molecule has 1 aliphatic heterocycles. The minimum absolute atomic E-state index is 0.0694. The van der Waals surface area contributed by atoms with Gasteiger partial charge >= 0.3 is 5.97 Å². The van der Waals surface area contributed by atoms with Crippen LogP contribution in [0.25, 0.3) is 0 Å². The molecule has 0 spiro atoms. The first-order valence-electron chi connectivity index (χ1n) is 7.80. The number of carboxylic acids is 1. The number of benzene rings is 1. The summed E-state index contributed by atoms with van der Waals surface area (Å²) in [4.78, 5) is 25.5. The monoisotopic (exact) mass is 373 g/mol. The molecule has 24 heavy (non-hydrogen) atoms. The number of hydrogen-bond donors (Lipinski definition) is 1. The van der Waals surface area contributed by atoms with Crippen LogP contribution in [0.5, 0.6) is 0 Å². The molecule has 1 aromatic carbocycles. The molecule has 7 heteroatoms. The number of halogens is 2. The van der Waals surface area contributed by atoms with Crippen molar-refractivity contribution in [3.05, 3.63) is 33.8 Å².